The van der Waals surface area contributed by atoms with Gasteiger partial charge in [0.2, 0.25) is 5.91 Å². The highest BCUT2D eigenvalue weighted by molar-refractivity contribution is 5.94. The van der Waals surface area contributed by atoms with E-state index in [2.05, 4.69) is 5.32 Å². The number of benzene rings is 2. The lowest BCUT2D eigenvalue weighted by Gasteiger charge is -2.13. The van der Waals surface area contributed by atoms with Gasteiger partial charge < -0.3 is 15.5 Å². The van der Waals surface area contributed by atoms with Gasteiger partial charge in [-0.05, 0) is 49.2 Å². The Morgan fingerprint density at radius 2 is 1.75 bits per heavy atom. The number of amides is 1. The number of nitrogens with one attached hydrogen (secondary N) is 1. The second-order valence-electron chi connectivity index (χ2n) is 5.42. The Morgan fingerprint density at radius 1 is 1.04 bits per heavy atom. The standard InChI is InChI=1S/C20H21NO3/c1-4-6-14-10-17(20(24)18(11-14)21-13(3)22)15-8-9-19(23)16(12-15)7-5-2/h4-12,23-24H,1-3H3,(H,21,22). The molecule has 1 amide bonds. The van der Waals surface area contributed by atoms with Gasteiger partial charge >= 0.3 is 0 Å². The van der Waals surface area contributed by atoms with Gasteiger partial charge in [0.25, 0.3) is 0 Å². The van der Waals surface area contributed by atoms with E-state index in [1.54, 1.807) is 30.3 Å². The third-order valence-corrected chi connectivity index (χ3v) is 3.49. The molecule has 0 fully saturated rings. The maximum atomic E-state index is 11.4. The monoisotopic (exact) mass is 323 g/mol. The summed E-state index contributed by atoms with van der Waals surface area (Å²) in [5.74, 6) is -0.0900. The Balaban J connectivity index is 2.66. The summed E-state index contributed by atoms with van der Waals surface area (Å²) in [7, 11) is 0. The number of hydrogen-bond donors (Lipinski definition) is 3. The molecule has 0 aliphatic rings. The molecule has 0 spiro atoms. The first kappa shape index (κ1) is 17.3. The summed E-state index contributed by atoms with van der Waals surface area (Å²) in [5.41, 5.74) is 3.20. The van der Waals surface area contributed by atoms with Crippen LogP contribution in [-0.2, 0) is 4.79 Å². The largest absolute Gasteiger partial charge is 0.507 e. The van der Waals surface area contributed by atoms with E-state index >= 15 is 0 Å². The molecule has 0 atom stereocenters. The van der Waals surface area contributed by atoms with Crippen molar-refractivity contribution in [3.8, 4) is 22.6 Å². The maximum absolute atomic E-state index is 11.4. The van der Waals surface area contributed by atoms with Gasteiger partial charge in [0.1, 0.15) is 11.5 Å². The lowest BCUT2D eigenvalue weighted by atomic mass is 9.98. The number of rotatable bonds is 4. The molecule has 0 saturated heterocycles. The van der Waals surface area contributed by atoms with Crippen molar-refractivity contribution in [1.29, 1.82) is 0 Å². The summed E-state index contributed by atoms with van der Waals surface area (Å²) >= 11 is 0. The molecule has 124 valence electrons. The Morgan fingerprint density at radius 3 is 2.38 bits per heavy atom. The number of anilines is 1. The van der Waals surface area contributed by atoms with E-state index in [0.717, 1.165) is 11.1 Å². The first-order chi connectivity index (χ1) is 11.5. The van der Waals surface area contributed by atoms with Crippen LogP contribution < -0.4 is 5.32 Å². The van der Waals surface area contributed by atoms with Gasteiger partial charge in [-0.25, -0.2) is 0 Å². The molecular weight excluding hydrogens is 302 g/mol. The van der Waals surface area contributed by atoms with Crippen LogP contribution >= 0.6 is 0 Å². The van der Waals surface area contributed by atoms with E-state index in [1.165, 1.54) is 6.92 Å². The van der Waals surface area contributed by atoms with Crippen molar-refractivity contribution < 1.29 is 15.0 Å². The fraction of sp³-hybridized carbons (Fsp3) is 0.150. The normalized spacial score (nSPS) is 11.3. The summed E-state index contributed by atoms with van der Waals surface area (Å²) in [6.07, 6.45) is 7.40. The van der Waals surface area contributed by atoms with Gasteiger partial charge in [-0.15, -0.1) is 0 Å². The molecule has 4 heteroatoms. The minimum atomic E-state index is -0.255. The predicted octanol–water partition coefficient (Wildman–Crippen LogP) is 4.79. The molecule has 0 aliphatic heterocycles. The van der Waals surface area contributed by atoms with Crippen molar-refractivity contribution in [2.45, 2.75) is 20.8 Å². The molecule has 24 heavy (non-hydrogen) atoms. The summed E-state index contributed by atoms with van der Waals surface area (Å²) in [6.45, 7) is 5.16. The number of allylic oxidation sites excluding steroid dienone is 2. The number of phenols is 2. The van der Waals surface area contributed by atoms with Crippen molar-refractivity contribution in [3.63, 3.8) is 0 Å². The van der Waals surface area contributed by atoms with Crippen molar-refractivity contribution in [1.82, 2.24) is 0 Å². The molecule has 4 nitrogen and oxygen atoms in total. The molecule has 0 heterocycles. The van der Waals surface area contributed by atoms with Gasteiger partial charge in [-0.2, -0.15) is 0 Å². The number of carbonyl (C=O) groups is 1. The Labute approximate surface area is 141 Å². The molecule has 2 aromatic rings. The maximum Gasteiger partial charge on any atom is 0.221 e. The van der Waals surface area contributed by atoms with Gasteiger partial charge in [0.15, 0.2) is 0 Å². The number of aromatic hydroxyl groups is 2. The van der Waals surface area contributed by atoms with Crippen LogP contribution in [0.25, 0.3) is 23.3 Å². The average molecular weight is 323 g/mol. The number of hydrogen-bond acceptors (Lipinski definition) is 3. The molecule has 2 aromatic carbocycles. The van der Waals surface area contributed by atoms with Crippen LogP contribution in [0.2, 0.25) is 0 Å². The topological polar surface area (TPSA) is 69.6 Å². The lowest BCUT2D eigenvalue weighted by molar-refractivity contribution is -0.114. The van der Waals surface area contributed by atoms with Crippen molar-refractivity contribution in [3.05, 3.63) is 53.6 Å². The first-order valence-corrected chi connectivity index (χ1v) is 7.69. The molecule has 0 radical (unpaired) electrons. The molecule has 0 aliphatic carbocycles. The molecule has 3 N–H and O–H groups in total. The predicted molar refractivity (Wildman–Crippen MR) is 98.9 cm³/mol. The average Bonchev–Trinajstić information content (AvgIpc) is 2.52. The Kier molecular flexibility index (Phi) is 5.42. The fourth-order valence-electron chi connectivity index (χ4n) is 2.49. The van der Waals surface area contributed by atoms with Crippen LogP contribution in [0.4, 0.5) is 5.69 Å². The van der Waals surface area contributed by atoms with E-state index in [4.69, 9.17) is 0 Å². The third-order valence-electron chi connectivity index (χ3n) is 3.49. The molecule has 0 bridgehead atoms. The van der Waals surface area contributed by atoms with Gasteiger partial charge in [-0.1, -0.05) is 30.4 Å². The molecular formula is C20H21NO3. The summed E-state index contributed by atoms with van der Waals surface area (Å²) in [5, 5.41) is 23.1. The van der Waals surface area contributed by atoms with Crippen molar-refractivity contribution in [2.24, 2.45) is 0 Å². The van der Waals surface area contributed by atoms with Crippen molar-refractivity contribution >= 4 is 23.7 Å². The number of phenolic OH excluding ortho intramolecular Hbond substituents is 2. The van der Waals surface area contributed by atoms with E-state index < -0.39 is 0 Å². The second-order valence-corrected chi connectivity index (χ2v) is 5.42. The van der Waals surface area contributed by atoms with Crippen molar-refractivity contribution in [2.75, 3.05) is 5.32 Å². The number of carbonyl (C=O) groups excluding carboxylic acids is 1. The van der Waals surface area contributed by atoms with Gasteiger partial charge in [-0.3, -0.25) is 4.79 Å². The van der Waals surface area contributed by atoms with E-state index in [9.17, 15) is 15.0 Å². The highest BCUT2D eigenvalue weighted by Crippen LogP contribution is 2.39. The summed E-state index contributed by atoms with van der Waals surface area (Å²) in [6, 6.07) is 8.67. The summed E-state index contributed by atoms with van der Waals surface area (Å²) < 4.78 is 0. The smallest absolute Gasteiger partial charge is 0.221 e. The SMILES string of the molecule is CC=Cc1cc(NC(C)=O)c(O)c(-c2ccc(O)c(C=CC)c2)c1. The zero-order valence-corrected chi connectivity index (χ0v) is 14.0. The lowest BCUT2D eigenvalue weighted by Crippen LogP contribution is -2.06. The summed E-state index contributed by atoms with van der Waals surface area (Å²) in [4.78, 5) is 11.4. The highest BCUT2D eigenvalue weighted by Gasteiger charge is 2.13. The van der Waals surface area contributed by atoms with E-state index in [1.807, 2.05) is 38.1 Å². The van der Waals surface area contributed by atoms with Crippen LogP contribution in [0.5, 0.6) is 11.5 Å². The molecule has 0 saturated carbocycles. The zero-order valence-electron chi connectivity index (χ0n) is 14.0. The Bertz CT molecular complexity index is 820. The minimum absolute atomic E-state index is 0.00410. The van der Waals surface area contributed by atoms with E-state index in [-0.39, 0.29) is 17.4 Å². The molecule has 2 rings (SSSR count). The second kappa shape index (κ2) is 7.51. The Hall–Kier alpha value is -3.01. The highest BCUT2D eigenvalue weighted by atomic mass is 16.3. The van der Waals surface area contributed by atoms with Crippen LogP contribution in [0.15, 0.2) is 42.5 Å². The van der Waals surface area contributed by atoms with Crippen LogP contribution in [0.1, 0.15) is 31.9 Å². The molecule has 0 unspecified atom stereocenters. The van der Waals surface area contributed by atoms with Crippen LogP contribution in [0, 0.1) is 0 Å². The zero-order chi connectivity index (χ0) is 17.7. The molecule has 0 aromatic heterocycles. The van der Waals surface area contributed by atoms with Crippen LogP contribution in [0.3, 0.4) is 0 Å². The third kappa shape index (κ3) is 3.84. The van der Waals surface area contributed by atoms with Gasteiger partial charge in [0, 0.05) is 18.1 Å². The van der Waals surface area contributed by atoms with E-state index in [0.29, 0.717) is 16.8 Å². The minimum Gasteiger partial charge on any atom is -0.507 e. The van der Waals surface area contributed by atoms with Crippen LogP contribution in [-0.4, -0.2) is 16.1 Å². The quantitative estimate of drug-likeness (QED) is 0.709. The fourth-order valence-corrected chi connectivity index (χ4v) is 2.49. The van der Waals surface area contributed by atoms with Gasteiger partial charge in [0.05, 0.1) is 5.69 Å². The first-order valence-electron chi connectivity index (χ1n) is 7.69.